The summed E-state index contributed by atoms with van der Waals surface area (Å²) in [5.74, 6) is 0.810. The summed E-state index contributed by atoms with van der Waals surface area (Å²) >= 11 is 0. The van der Waals surface area contributed by atoms with Crippen molar-refractivity contribution in [3.05, 3.63) is 42.0 Å². The van der Waals surface area contributed by atoms with Crippen molar-refractivity contribution >= 4 is 28.6 Å². The van der Waals surface area contributed by atoms with Gasteiger partial charge in [0.05, 0.1) is 12.4 Å². The Morgan fingerprint density at radius 2 is 2.13 bits per heavy atom. The molecule has 7 nitrogen and oxygen atoms in total. The maximum absolute atomic E-state index is 11.4. The van der Waals surface area contributed by atoms with Gasteiger partial charge in [-0.05, 0) is 30.5 Å². The lowest BCUT2D eigenvalue weighted by Gasteiger charge is -2.20. The Morgan fingerprint density at radius 3 is 3.04 bits per heavy atom. The van der Waals surface area contributed by atoms with E-state index in [1.807, 2.05) is 12.1 Å². The highest BCUT2D eigenvalue weighted by molar-refractivity contribution is 5.93. The fraction of sp³-hybridized carbons (Fsp3) is 0.250. The summed E-state index contributed by atoms with van der Waals surface area (Å²) in [6.45, 7) is 2.08. The molecule has 7 heteroatoms. The highest BCUT2D eigenvalue weighted by atomic mass is 16.1. The Morgan fingerprint density at radius 1 is 1.22 bits per heavy atom. The minimum Gasteiger partial charge on any atom is -0.362 e. The summed E-state index contributed by atoms with van der Waals surface area (Å²) in [4.78, 5) is 27.0. The molecule has 0 saturated carbocycles. The zero-order valence-corrected chi connectivity index (χ0v) is 12.6. The van der Waals surface area contributed by atoms with Crippen LogP contribution < -0.4 is 10.6 Å². The number of aromatic nitrogens is 4. The molecule has 0 fully saturated rings. The zero-order valence-electron chi connectivity index (χ0n) is 12.6. The van der Waals surface area contributed by atoms with Gasteiger partial charge in [-0.15, -0.1) is 0 Å². The molecule has 1 atom stereocenters. The fourth-order valence-corrected chi connectivity index (χ4v) is 2.84. The summed E-state index contributed by atoms with van der Waals surface area (Å²) in [6, 6.07) is 6.19. The van der Waals surface area contributed by atoms with Crippen molar-refractivity contribution in [1.29, 1.82) is 0 Å². The number of rotatable bonds is 3. The molecule has 3 N–H and O–H groups in total. The van der Waals surface area contributed by atoms with Gasteiger partial charge in [-0.1, -0.05) is 12.1 Å². The van der Waals surface area contributed by atoms with Crippen LogP contribution in [-0.4, -0.2) is 25.8 Å². The molecule has 1 aliphatic rings. The third kappa shape index (κ3) is 2.50. The number of aryl methyl sites for hydroxylation is 1. The largest absolute Gasteiger partial charge is 0.362 e. The normalized spacial score (nSPS) is 15.1. The number of nitrogens with zero attached hydrogens (tertiary/aromatic N) is 3. The van der Waals surface area contributed by atoms with E-state index in [4.69, 9.17) is 0 Å². The van der Waals surface area contributed by atoms with Gasteiger partial charge in [-0.2, -0.15) is 0 Å². The summed E-state index contributed by atoms with van der Waals surface area (Å²) in [5.41, 5.74) is 4.67. The van der Waals surface area contributed by atoms with Gasteiger partial charge in [0, 0.05) is 12.1 Å². The van der Waals surface area contributed by atoms with Crippen molar-refractivity contribution in [2.24, 2.45) is 0 Å². The molecule has 0 aliphatic carbocycles. The number of fused-ring (bicyclic) bond motifs is 2. The molecule has 0 saturated heterocycles. The first-order valence-electron chi connectivity index (χ1n) is 7.54. The third-order valence-corrected chi connectivity index (χ3v) is 4.10. The van der Waals surface area contributed by atoms with Crippen LogP contribution in [0.5, 0.6) is 0 Å². The van der Waals surface area contributed by atoms with E-state index in [1.54, 1.807) is 6.33 Å². The van der Waals surface area contributed by atoms with Crippen LogP contribution in [-0.2, 0) is 11.2 Å². The average molecular weight is 308 g/mol. The van der Waals surface area contributed by atoms with Gasteiger partial charge in [-0.3, -0.25) is 4.79 Å². The molecule has 23 heavy (non-hydrogen) atoms. The predicted molar refractivity (Wildman–Crippen MR) is 87.1 cm³/mol. The number of hydrogen-bond acceptors (Lipinski definition) is 5. The second kappa shape index (κ2) is 5.35. The Hall–Kier alpha value is -2.96. The molecule has 3 heterocycles. The minimum absolute atomic E-state index is 0.0688. The standard InChI is InChI=1S/C16H16N6O/c1-9(21-16-14-15(18-7-17-14)19-8-20-16)10-2-4-12-11(6-10)3-5-13(23)22-12/h2,4,6-9H,3,5H2,1H3,(H,22,23)(H2,17,18,19,20,21). The van der Waals surface area contributed by atoms with Crippen LogP contribution >= 0.6 is 0 Å². The molecule has 0 radical (unpaired) electrons. The number of benzene rings is 1. The number of H-pyrrole nitrogens is 1. The fourth-order valence-electron chi connectivity index (χ4n) is 2.84. The lowest BCUT2D eigenvalue weighted by Crippen LogP contribution is -2.19. The van der Waals surface area contributed by atoms with Crippen molar-refractivity contribution in [3.8, 4) is 0 Å². The zero-order chi connectivity index (χ0) is 15.8. The first-order chi connectivity index (χ1) is 11.2. The second-order valence-corrected chi connectivity index (χ2v) is 5.65. The quantitative estimate of drug-likeness (QED) is 0.690. The number of amides is 1. The number of hydrogen-bond donors (Lipinski definition) is 3. The van der Waals surface area contributed by atoms with Crippen molar-refractivity contribution in [2.75, 3.05) is 10.6 Å². The molecule has 1 aromatic carbocycles. The molecule has 2 aromatic heterocycles. The number of carbonyl (C=O) groups is 1. The maximum atomic E-state index is 11.4. The molecule has 4 rings (SSSR count). The molecule has 0 bridgehead atoms. The molecule has 1 aliphatic heterocycles. The smallest absolute Gasteiger partial charge is 0.224 e. The van der Waals surface area contributed by atoms with E-state index in [9.17, 15) is 4.79 Å². The van der Waals surface area contributed by atoms with Gasteiger partial charge in [0.15, 0.2) is 11.5 Å². The second-order valence-electron chi connectivity index (χ2n) is 5.65. The molecule has 3 aromatic rings. The van der Waals surface area contributed by atoms with Crippen LogP contribution in [0.25, 0.3) is 11.2 Å². The van der Waals surface area contributed by atoms with Gasteiger partial charge in [0.1, 0.15) is 11.8 Å². The molecular weight excluding hydrogens is 292 g/mol. The Balaban J connectivity index is 1.61. The van der Waals surface area contributed by atoms with Crippen LogP contribution in [0.15, 0.2) is 30.9 Å². The molecule has 116 valence electrons. The molecule has 1 unspecified atom stereocenters. The number of carbonyl (C=O) groups excluding carboxylic acids is 1. The topological polar surface area (TPSA) is 95.6 Å². The van der Waals surface area contributed by atoms with Crippen molar-refractivity contribution in [1.82, 2.24) is 19.9 Å². The summed E-state index contributed by atoms with van der Waals surface area (Å²) in [5, 5.41) is 6.30. The first kappa shape index (κ1) is 13.7. The summed E-state index contributed by atoms with van der Waals surface area (Å²) < 4.78 is 0. The predicted octanol–water partition coefficient (Wildman–Crippen LogP) is 2.41. The van der Waals surface area contributed by atoms with Crippen LogP contribution in [0, 0.1) is 0 Å². The lowest BCUT2D eigenvalue weighted by atomic mass is 9.98. The van der Waals surface area contributed by atoms with Gasteiger partial charge in [0.25, 0.3) is 0 Å². The third-order valence-electron chi connectivity index (χ3n) is 4.10. The van der Waals surface area contributed by atoms with Crippen LogP contribution in [0.4, 0.5) is 11.5 Å². The number of aromatic amines is 1. The Labute approximate surface area is 132 Å². The lowest BCUT2D eigenvalue weighted by molar-refractivity contribution is -0.116. The number of nitrogens with one attached hydrogen (secondary N) is 3. The van der Waals surface area contributed by atoms with Gasteiger partial charge >= 0.3 is 0 Å². The average Bonchev–Trinajstić information content (AvgIpc) is 3.04. The molecule has 1 amide bonds. The van der Waals surface area contributed by atoms with Crippen molar-refractivity contribution in [2.45, 2.75) is 25.8 Å². The highest BCUT2D eigenvalue weighted by Crippen LogP contribution is 2.28. The number of anilines is 2. The van der Waals surface area contributed by atoms with Gasteiger partial charge < -0.3 is 15.6 Å². The van der Waals surface area contributed by atoms with Crippen LogP contribution in [0.1, 0.15) is 30.5 Å². The SMILES string of the molecule is CC(Nc1ncnc2nc[nH]c12)c1ccc2c(c1)CCC(=O)N2. The van der Waals surface area contributed by atoms with E-state index in [2.05, 4.69) is 43.6 Å². The Bertz CT molecular complexity index is 887. The minimum atomic E-state index is 0.0688. The van der Waals surface area contributed by atoms with E-state index in [1.165, 1.54) is 11.9 Å². The van der Waals surface area contributed by atoms with E-state index in [0.717, 1.165) is 29.0 Å². The van der Waals surface area contributed by atoms with E-state index < -0.39 is 0 Å². The van der Waals surface area contributed by atoms with E-state index in [-0.39, 0.29) is 11.9 Å². The van der Waals surface area contributed by atoms with E-state index >= 15 is 0 Å². The van der Waals surface area contributed by atoms with Crippen molar-refractivity contribution < 1.29 is 4.79 Å². The summed E-state index contributed by atoms with van der Waals surface area (Å²) in [6.07, 6.45) is 4.43. The van der Waals surface area contributed by atoms with E-state index in [0.29, 0.717) is 12.1 Å². The summed E-state index contributed by atoms with van der Waals surface area (Å²) in [7, 11) is 0. The van der Waals surface area contributed by atoms with Gasteiger partial charge in [-0.25, -0.2) is 15.0 Å². The van der Waals surface area contributed by atoms with Gasteiger partial charge in [0.2, 0.25) is 5.91 Å². The first-order valence-corrected chi connectivity index (χ1v) is 7.54. The van der Waals surface area contributed by atoms with Crippen molar-refractivity contribution in [3.63, 3.8) is 0 Å². The number of imidazole rings is 1. The highest BCUT2D eigenvalue weighted by Gasteiger charge is 2.17. The Kier molecular flexibility index (Phi) is 3.18. The van der Waals surface area contributed by atoms with Crippen LogP contribution in [0.2, 0.25) is 0 Å². The monoisotopic (exact) mass is 308 g/mol. The molecule has 0 spiro atoms. The van der Waals surface area contributed by atoms with Crippen LogP contribution in [0.3, 0.4) is 0 Å². The molecular formula is C16H16N6O. The maximum Gasteiger partial charge on any atom is 0.224 e.